The first-order chi connectivity index (χ1) is 16.4. The molecule has 4 rings (SSSR count). The van der Waals surface area contributed by atoms with Gasteiger partial charge in [-0.2, -0.15) is 0 Å². The van der Waals surface area contributed by atoms with Crippen molar-refractivity contribution in [3.63, 3.8) is 0 Å². The summed E-state index contributed by atoms with van der Waals surface area (Å²) in [4.78, 5) is 45.8. The third-order valence-corrected chi connectivity index (χ3v) is 5.76. The van der Waals surface area contributed by atoms with Crippen molar-refractivity contribution in [1.29, 1.82) is 0 Å². The fourth-order valence-corrected chi connectivity index (χ4v) is 3.89. The topological polar surface area (TPSA) is 114 Å². The molecule has 1 fully saturated rings. The Morgan fingerprint density at radius 1 is 1.12 bits per heavy atom. The van der Waals surface area contributed by atoms with Crippen molar-refractivity contribution in [2.75, 3.05) is 39.8 Å². The third kappa shape index (κ3) is 5.96. The number of ketones is 1. The number of carbonyl (C=O) groups excluding carboxylic acids is 2. The predicted octanol–water partition coefficient (Wildman–Crippen LogP) is 3.24. The number of methoxy groups -OCH3 is 1. The standard InChI is InChI=1S/C23H24ClN3O7/c1-31-20-5-3-17(24)12-16(20)14-32-23(30)34-27-10-8-26(9-11-27)7-6-19(28)15-2-4-18-21(13-15)33-22(29)25-18/h2-5,12-13H,6-11,14H2,1H3,(H,25,29). The number of piperazine rings is 1. The van der Waals surface area contributed by atoms with E-state index in [0.717, 1.165) is 0 Å². The monoisotopic (exact) mass is 489 g/mol. The summed E-state index contributed by atoms with van der Waals surface area (Å²) in [6, 6.07) is 9.96. The summed E-state index contributed by atoms with van der Waals surface area (Å²) in [5.41, 5.74) is 2.06. The molecule has 0 amide bonds. The Balaban J connectivity index is 1.19. The van der Waals surface area contributed by atoms with Crippen molar-refractivity contribution in [1.82, 2.24) is 14.9 Å². The Hall–Kier alpha value is -3.34. The van der Waals surface area contributed by atoms with Crippen LogP contribution in [0.15, 0.2) is 45.6 Å². The largest absolute Gasteiger partial charge is 0.528 e. The van der Waals surface area contributed by atoms with E-state index in [1.54, 1.807) is 36.4 Å². The summed E-state index contributed by atoms with van der Waals surface area (Å²) >= 11 is 5.98. The summed E-state index contributed by atoms with van der Waals surface area (Å²) in [6.45, 7) is 2.79. The van der Waals surface area contributed by atoms with E-state index in [0.29, 0.717) is 72.1 Å². The van der Waals surface area contributed by atoms with Crippen molar-refractivity contribution in [2.24, 2.45) is 0 Å². The highest BCUT2D eigenvalue weighted by molar-refractivity contribution is 6.30. The molecule has 1 saturated heterocycles. The van der Waals surface area contributed by atoms with E-state index in [9.17, 15) is 14.4 Å². The number of aromatic nitrogens is 1. The molecule has 0 spiro atoms. The second-order valence-corrected chi connectivity index (χ2v) is 8.19. The maximum atomic E-state index is 12.5. The van der Waals surface area contributed by atoms with Crippen LogP contribution in [0.1, 0.15) is 22.3 Å². The van der Waals surface area contributed by atoms with E-state index in [-0.39, 0.29) is 12.4 Å². The molecule has 1 aliphatic rings. The maximum Gasteiger partial charge on any atom is 0.528 e. The van der Waals surface area contributed by atoms with E-state index < -0.39 is 11.9 Å². The molecular formula is C23H24ClN3O7. The number of hydrogen-bond acceptors (Lipinski definition) is 9. The minimum atomic E-state index is -0.808. The molecule has 0 unspecified atom stereocenters. The van der Waals surface area contributed by atoms with Gasteiger partial charge in [-0.15, -0.1) is 5.06 Å². The molecule has 0 bridgehead atoms. The van der Waals surface area contributed by atoms with Crippen LogP contribution in [-0.4, -0.2) is 66.7 Å². The molecule has 1 aliphatic heterocycles. The summed E-state index contributed by atoms with van der Waals surface area (Å²) in [5.74, 6) is -0.0184. The van der Waals surface area contributed by atoms with Gasteiger partial charge in [0.05, 0.1) is 12.6 Å². The number of hydrogen-bond donors (Lipinski definition) is 1. The average molecular weight is 490 g/mol. The first-order valence-corrected chi connectivity index (χ1v) is 11.1. The van der Waals surface area contributed by atoms with E-state index >= 15 is 0 Å². The lowest BCUT2D eigenvalue weighted by atomic mass is 10.1. The molecule has 10 nitrogen and oxygen atoms in total. The lowest BCUT2D eigenvalue weighted by molar-refractivity contribution is -0.147. The van der Waals surface area contributed by atoms with E-state index in [2.05, 4.69) is 9.88 Å². The number of carbonyl (C=O) groups is 2. The number of hydroxylamine groups is 2. The molecule has 1 aromatic heterocycles. The van der Waals surface area contributed by atoms with Gasteiger partial charge < -0.3 is 23.6 Å². The lowest BCUT2D eigenvalue weighted by Crippen LogP contribution is -2.47. The molecule has 34 heavy (non-hydrogen) atoms. The van der Waals surface area contributed by atoms with Gasteiger partial charge in [-0.3, -0.25) is 9.78 Å². The smallest absolute Gasteiger partial charge is 0.496 e. The summed E-state index contributed by atoms with van der Waals surface area (Å²) in [6.07, 6.45) is -0.484. The SMILES string of the molecule is COc1ccc(Cl)cc1COC(=O)ON1CCN(CCC(=O)c2ccc3[nH]c(=O)oc3c2)CC1. The number of H-pyrrole nitrogens is 1. The number of benzene rings is 2. The van der Waals surface area contributed by atoms with Crippen LogP contribution >= 0.6 is 11.6 Å². The van der Waals surface area contributed by atoms with Gasteiger partial charge >= 0.3 is 11.9 Å². The van der Waals surface area contributed by atoms with Crippen molar-refractivity contribution in [2.45, 2.75) is 13.0 Å². The van der Waals surface area contributed by atoms with Gasteiger partial charge in [0.1, 0.15) is 12.4 Å². The Labute approximate surface area is 199 Å². The zero-order valence-electron chi connectivity index (χ0n) is 18.5. The van der Waals surface area contributed by atoms with E-state index in [1.807, 2.05) is 0 Å². The van der Waals surface area contributed by atoms with Crippen molar-refractivity contribution in [3.05, 3.63) is 63.1 Å². The van der Waals surface area contributed by atoms with Gasteiger partial charge in [0.2, 0.25) is 0 Å². The fourth-order valence-electron chi connectivity index (χ4n) is 3.70. The number of rotatable bonds is 8. The Bertz CT molecular complexity index is 1230. The van der Waals surface area contributed by atoms with Gasteiger partial charge in [-0.25, -0.2) is 9.59 Å². The second kappa shape index (κ2) is 10.7. The summed E-state index contributed by atoms with van der Waals surface area (Å²) < 4.78 is 15.4. The van der Waals surface area contributed by atoms with Gasteiger partial charge in [-0.05, 0) is 36.4 Å². The highest BCUT2D eigenvalue weighted by atomic mass is 35.5. The molecule has 0 radical (unpaired) electrons. The first kappa shape index (κ1) is 23.8. The molecule has 2 heterocycles. The second-order valence-electron chi connectivity index (χ2n) is 7.76. The molecule has 0 aliphatic carbocycles. The number of fused-ring (bicyclic) bond motifs is 1. The number of aromatic amines is 1. The molecule has 0 saturated carbocycles. The van der Waals surface area contributed by atoms with Crippen LogP contribution in [0.3, 0.4) is 0 Å². The fraction of sp³-hybridized carbons (Fsp3) is 0.348. The van der Waals surface area contributed by atoms with Crippen LogP contribution in [0.25, 0.3) is 11.1 Å². The highest BCUT2D eigenvalue weighted by Crippen LogP contribution is 2.23. The number of nitrogens with one attached hydrogen (secondary N) is 1. The molecule has 180 valence electrons. The predicted molar refractivity (Wildman–Crippen MR) is 123 cm³/mol. The Morgan fingerprint density at radius 3 is 2.68 bits per heavy atom. The lowest BCUT2D eigenvalue weighted by Gasteiger charge is -2.32. The molecule has 3 aromatic rings. The average Bonchev–Trinajstić information content (AvgIpc) is 3.21. The Kier molecular flexibility index (Phi) is 7.51. The van der Waals surface area contributed by atoms with Gasteiger partial charge in [0.25, 0.3) is 0 Å². The van der Waals surface area contributed by atoms with Crippen LogP contribution in [0.2, 0.25) is 5.02 Å². The summed E-state index contributed by atoms with van der Waals surface area (Å²) in [5, 5.41) is 2.05. The quantitative estimate of drug-likeness (QED) is 0.376. The minimum absolute atomic E-state index is 0.0252. The molecular weight excluding hydrogens is 466 g/mol. The van der Waals surface area contributed by atoms with Crippen LogP contribution in [0.4, 0.5) is 4.79 Å². The molecule has 1 N–H and O–H groups in total. The van der Waals surface area contributed by atoms with Crippen molar-refractivity contribution >= 4 is 34.6 Å². The van der Waals surface area contributed by atoms with Crippen LogP contribution in [0.5, 0.6) is 5.75 Å². The molecule has 0 atom stereocenters. The minimum Gasteiger partial charge on any atom is -0.496 e. The zero-order valence-corrected chi connectivity index (χ0v) is 19.3. The van der Waals surface area contributed by atoms with Gasteiger partial charge in [-0.1, -0.05) is 11.6 Å². The molecule has 2 aromatic carbocycles. The normalized spacial score (nSPS) is 14.8. The van der Waals surface area contributed by atoms with E-state index in [4.69, 9.17) is 30.3 Å². The third-order valence-electron chi connectivity index (χ3n) is 5.52. The first-order valence-electron chi connectivity index (χ1n) is 10.7. The van der Waals surface area contributed by atoms with Crippen molar-refractivity contribution < 1.29 is 28.3 Å². The zero-order chi connectivity index (χ0) is 24.1. The van der Waals surface area contributed by atoms with E-state index in [1.165, 1.54) is 12.2 Å². The number of nitrogens with zero attached hydrogens (tertiary/aromatic N) is 2. The summed E-state index contributed by atoms with van der Waals surface area (Å²) in [7, 11) is 1.53. The number of ether oxygens (including phenoxy) is 2. The van der Waals surface area contributed by atoms with Crippen LogP contribution < -0.4 is 10.5 Å². The van der Waals surface area contributed by atoms with Crippen LogP contribution in [0, 0.1) is 0 Å². The maximum absolute atomic E-state index is 12.5. The number of Topliss-reactive ketones (excluding diaryl/α,β-unsaturated/α-hetero) is 1. The van der Waals surface area contributed by atoms with Gasteiger partial charge in [0.15, 0.2) is 11.4 Å². The number of halogens is 1. The molecule has 11 heteroatoms. The Morgan fingerprint density at radius 2 is 1.91 bits per heavy atom. The van der Waals surface area contributed by atoms with Crippen molar-refractivity contribution in [3.8, 4) is 5.75 Å². The highest BCUT2D eigenvalue weighted by Gasteiger charge is 2.22. The van der Waals surface area contributed by atoms with Crippen LogP contribution in [-0.2, 0) is 16.2 Å². The van der Waals surface area contributed by atoms with Gasteiger partial charge in [0, 0.05) is 55.3 Å². The number of oxazole rings is 1.